The highest BCUT2D eigenvalue weighted by atomic mass is 16.3. The van der Waals surface area contributed by atoms with Gasteiger partial charge in [0.05, 0.1) is 11.0 Å². The molecule has 0 saturated carbocycles. The molecular formula is C19H18N4O3. The first-order chi connectivity index (χ1) is 12.7. The van der Waals surface area contributed by atoms with Crippen LogP contribution >= 0.6 is 0 Å². The van der Waals surface area contributed by atoms with E-state index in [1.165, 1.54) is 0 Å². The summed E-state index contributed by atoms with van der Waals surface area (Å²) < 4.78 is 7.20. The summed E-state index contributed by atoms with van der Waals surface area (Å²) in [7, 11) is 0. The molecule has 0 unspecified atom stereocenters. The number of hydrogen-bond donors (Lipinski definition) is 2. The number of nitrogens with one attached hydrogen (secondary N) is 2. The molecule has 2 aromatic carbocycles. The third kappa shape index (κ3) is 3.23. The Balaban J connectivity index is 1.31. The Labute approximate surface area is 148 Å². The van der Waals surface area contributed by atoms with Gasteiger partial charge in [-0.3, -0.25) is 9.36 Å². The Morgan fingerprint density at radius 1 is 1.15 bits per heavy atom. The molecule has 7 nitrogen and oxygen atoms in total. The minimum atomic E-state index is -0.203. The van der Waals surface area contributed by atoms with E-state index in [1.807, 2.05) is 48.5 Å². The predicted molar refractivity (Wildman–Crippen MR) is 97.9 cm³/mol. The highest BCUT2D eigenvalue weighted by Gasteiger charge is 2.09. The molecule has 2 heterocycles. The largest absolute Gasteiger partial charge is 0.441 e. The van der Waals surface area contributed by atoms with E-state index >= 15 is 0 Å². The molecular weight excluding hydrogens is 332 g/mol. The van der Waals surface area contributed by atoms with Gasteiger partial charge in [0.25, 0.3) is 0 Å². The van der Waals surface area contributed by atoms with E-state index in [-0.39, 0.29) is 18.0 Å². The molecule has 0 aliphatic carbocycles. The minimum Gasteiger partial charge on any atom is -0.441 e. The number of imidazole rings is 1. The maximum Gasteiger partial charge on any atom is 0.326 e. The normalized spacial score (nSPS) is 11.2. The molecule has 2 N–H and O–H groups in total. The lowest BCUT2D eigenvalue weighted by molar-refractivity contribution is -0.121. The molecule has 7 heteroatoms. The first-order valence-electron chi connectivity index (χ1n) is 8.49. The smallest absolute Gasteiger partial charge is 0.326 e. The van der Waals surface area contributed by atoms with Crippen molar-refractivity contribution in [1.29, 1.82) is 0 Å². The number of nitrogens with zero attached hydrogens (tertiary/aromatic N) is 2. The number of rotatable bonds is 6. The topological polar surface area (TPSA) is 92.9 Å². The predicted octanol–water partition coefficient (Wildman–Crippen LogP) is 2.22. The Morgan fingerprint density at radius 2 is 1.96 bits per heavy atom. The molecule has 1 amide bonds. The summed E-state index contributed by atoms with van der Waals surface area (Å²) in [5.74, 6) is 0.484. The number of para-hydroxylation sites is 4. The zero-order valence-electron chi connectivity index (χ0n) is 14.1. The fourth-order valence-electron chi connectivity index (χ4n) is 2.97. The van der Waals surface area contributed by atoms with Crippen LogP contribution in [0.3, 0.4) is 0 Å². The molecule has 4 rings (SSSR count). The Morgan fingerprint density at radius 3 is 2.85 bits per heavy atom. The highest BCUT2D eigenvalue weighted by molar-refractivity contribution is 5.77. The fraction of sp³-hybridized carbons (Fsp3) is 0.211. The van der Waals surface area contributed by atoms with Crippen molar-refractivity contribution < 1.29 is 9.21 Å². The summed E-state index contributed by atoms with van der Waals surface area (Å²) in [6.45, 7) is 0.770. The van der Waals surface area contributed by atoms with Crippen LogP contribution in [0.1, 0.15) is 12.3 Å². The molecule has 0 spiro atoms. The van der Waals surface area contributed by atoms with Gasteiger partial charge in [-0.25, -0.2) is 9.78 Å². The molecule has 2 aromatic heterocycles. The number of aromatic amines is 1. The van der Waals surface area contributed by atoms with Crippen molar-refractivity contribution in [2.75, 3.05) is 6.54 Å². The Bertz CT molecular complexity index is 1090. The zero-order chi connectivity index (χ0) is 17.9. The number of fused-ring (bicyclic) bond motifs is 2. The maximum absolute atomic E-state index is 12.1. The van der Waals surface area contributed by atoms with Crippen molar-refractivity contribution in [3.05, 3.63) is 64.9 Å². The van der Waals surface area contributed by atoms with Crippen LogP contribution in [0.4, 0.5) is 0 Å². The van der Waals surface area contributed by atoms with Crippen LogP contribution in [0.25, 0.3) is 22.1 Å². The summed E-state index contributed by atoms with van der Waals surface area (Å²) in [5.41, 5.74) is 2.93. The maximum atomic E-state index is 12.1. The molecule has 0 atom stereocenters. The fourth-order valence-corrected chi connectivity index (χ4v) is 2.97. The van der Waals surface area contributed by atoms with Crippen molar-refractivity contribution in [3.8, 4) is 0 Å². The van der Waals surface area contributed by atoms with Gasteiger partial charge < -0.3 is 14.7 Å². The lowest BCUT2D eigenvalue weighted by Crippen LogP contribution is -2.28. The molecule has 132 valence electrons. The summed E-state index contributed by atoms with van der Waals surface area (Å²) in [6, 6.07) is 15.0. The summed E-state index contributed by atoms with van der Waals surface area (Å²) in [6.07, 6.45) is 0.753. The van der Waals surface area contributed by atoms with Gasteiger partial charge in [-0.1, -0.05) is 24.3 Å². The van der Waals surface area contributed by atoms with Gasteiger partial charge in [-0.05, 0) is 24.3 Å². The number of carbonyl (C=O) groups is 1. The number of carbonyl (C=O) groups excluding carboxylic acids is 1. The summed E-state index contributed by atoms with van der Waals surface area (Å²) in [4.78, 5) is 31.2. The van der Waals surface area contributed by atoms with E-state index in [1.54, 1.807) is 4.57 Å². The zero-order valence-corrected chi connectivity index (χ0v) is 14.1. The highest BCUT2D eigenvalue weighted by Crippen LogP contribution is 2.14. The van der Waals surface area contributed by atoms with Crippen LogP contribution in [0.5, 0.6) is 0 Å². The number of hydrogen-bond acceptors (Lipinski definition) is 4. The van der Waals surface area contributed by atoms with Gasteiger partial charge in [0.1, 0.15) is 5.52 Å². The molecule has 0 saturated heterocycles. The van der Waals surface area contributed by atoms with Crippen molar-refractivity contribution in [2.24, 2.45) is 0 Å². The summed E-state index contributed by atoms with van der Waals surface area (Å²) in [5, 5.41) is 2.84. The summed E-state index contributed by atoms with van der Waals surface area (Å²) >= 11 is 0. The lowest BCUT2D eigenvalue weighted by atomic mass is 10.3. The number of oxazole rings is 1. The molecule has 0 bridgehead atoms. The first kappa shape index (κ1) is 16.1. The number of aryl methyl sites for hydroxylation is 1. The van der Waals surface area contributed by atoms with Crippen LogP contribution in [0.2, 0.25) is 0 Å². The van der Waals surface area contributed by atoms with Crippen molar-refractivity contribution in [1.82, 2.24) is 19.9 Å². The standard InChI is InChI=1S/C19H18N4O3/c24-17(10-12-23-15-7-3-1-5-13(15)22-19(23)25)20-11-9-18-21-14-6-2-4-8-16(14)26-18/h1-8H,9-12H2,(H,20,24)(H,22,25). The molecule has 0 fully saturated rings. The second-order valence-corrected chi connectivity index (χ2v) is 6.02. The SMILES string of the molecule is O=C(CCn1c(=O)[nH]c2ccccc21)NCCc1nc2ccccc2o1. The number of amides is 1. The van der Waals surface area contributed by atoms with Gasteiger partial charge in [-0.15, -0.1) is 0 Å². The number of aromatic nitrogens is 3. The van der Waals surface area contributed by atoms with Crippen LogP contribution in [-0.2, 0) is 17.8 Å². The lowest BCUT2D eigenvalue weighted by Gasteiger charge is -2.05. The van der Waals surface area contributed by atoms with Gasteiger partial charge in [-0.2, -0.15) is 0 Å². The van der Waals surface area contributed by atoms with Gasteiger partial charge in [0, 0.05) is 25.9 Å². The van der Waals surface area contributed by atoms with E-state index in [9.17, 15) is 9.59 Å². The van der Waals surface area contributed by atoms with Gasteiger partial charge in [0.15, 0.2) is 11.5 Å². The van der Waals surface area contributed by atoms with Gasteiger partial charge in [0.2, 0.25) is 5.91 Å². The van der Waals surface area contributed by atoms with E-state index in [0.717, 1.165) is 22.1 Å². The van der Waals surface area contributed by atoms with E-state index in [2.05, 4.69) is 15.3 Å². The average molecular weight is 350 g/mol. The number of H-pyrrole nitrogens is 1. The molecule has 26 heavy (non-hydrogen) atoms. The van der Waals surface area contributed by atoms with Crippen molar-refractivity contribution in [3.63, 3.8) is 0 Å². The quantitative estimate of drug-likeness (QED) is 0.558. The third-order valence-corrected chi connectivity index (χ3v) is 4.24. The molecule has 0 radical (unpaired) electrons. The van der Waals surface area contributed by atoms with Crippen molar-refractivity contribution in [2.45, 2.75) is 19.4 Å². The second-order valence-electron chi connectivity index (χ2n) is 6.02. The Hall–Kier alpha value is -3.35. The Kier molecular flexibility index (Phi) is 4.27. The second kappa shape index (κ2) is 6.87. The average Bonchev–Trinajstić information content (AvgIpc) is 3.19. The van der Waals surface area contributed by atoms with E-state index in [0.29, 0.717) is 25.4 Å². The number of benzene rings is 2. The van der Waals surface area contributed by atoms with Gasteiger partial charge >= 0.3 is 5.69 Å². The van der Waals surface area contributed by atoms with Crippen LogP contribution in [0.15, 0.2) is 57.7 Å². The molecule has 0 aliphatic rings. The minimum absolute atomic E-state index is 0.113. The van der Waals surface area contributed by atoms with E-state index in [4.69, 9.17) is 4.42 Å². The third-order valence-electron chi connectivity index (χ3n) is 4.24. The van der Waals surface area contributed by atoms with Crippen LogP contribution in [0, 0.1) is 0 Å². The van der Waals surface area contributed by atoms with E-state index < -0.39 is 0 Å². The van der Waals surface area contributed by atoms with Crippen LogP contribution in [-0.4, -0.2) is 27.0 Å². The molecule has 0 aliphatic heterocycles. The van der Waals surface area contributed by atoms with Crippen molar-refractivity contribution >= 4 is 28.0 Å². The monoisotopic (exact) mass is 350 g/mol. The van der Waals surface area contributed by atoms with Crippen LogP contribution < -0.4 is 11.0 Å². The molecule has 4 aromatic rings. The first-order valence-corrected chi connectivity index (χ1v) is 8.49.